The molecule has 82 valence electrons. The lowest BCUT2D eigenvalue weighted by molar-refractivity contribution is 0.254. The van der Waals surface area contributed by atoms with E-state index in [1.165, 1.54) is 0 Å². The molecule has 1 unspecified atom stereocenters. The van der Waals surface area contributed by atoms with Gasteiger partial charge in [-0.3, -0.25) is 0 Å². The molecule has 0 aromatic carbocycles. The van der Waals surface area contributed by atoms with E-state index in [2.05, 4.69) is 5.32 Å². The minimum absolute atomic E-state index is 0.217. The van der Waals surface area contributed by atoms with Gasteiger partial charge in [0.15, 0.2) is 0 Å². The lowest BCUT2D eigenvalue weighted by Crippen LogP contribution is -2.51. The maximum Gasteiger partial charge on any atom is 0.214 e. The molecular weight excluding hydrogens is 200 g/mol. The summed E-state index contributed by atoms with van der Waals surface area (Å²) in [5, 5.41) is 3.26. The number of hydrogen-bond acceptors (Lipinski definition) is 3. The summed E-state index contributed by atoms with van der Waals surface area (Å²) in [6, 6.07) is 0.217. The van der Waals surface area contributed by atoms with Gasteiger partial charge in [0.1, 0.15) is 0 Å². The van der Waals surface area contributed by atoms with Gasteiger partial charge in [-0.1, -0.05) is 0 Å². The van der Waals surface area contributed by atoms with Crippen LogP contribution in [-0.4, -0.2) is 44.2 Å². The first kappa shape index (κ1) is 10.4. The summed E-state index contributed by atoms with van der Waals surface area (Å²) in [6.07, 6.45) is 3.97. The number of sulfonamides is 1. The maximum absolute atomic E-state index is 11.8. The van der Waals surface area contributed by atoms with Gasteiger partial charge in [0, 0.05) is 19.1 Å². The van der Waals surface area contributed by atoms with Crippen molar-refractivity contribution in [2.24, 2.45) is 0 Å². The van der Waals surface area contributed by atoms with Crippen LogP contribution >= 0.6 is 0 Å². The van der Waals surface area contributed by atoms with Gasteiger partial charge in [0.25, 0.3) is 0 Å². The third-order valence-corrected chi connectivity index (χ3v) is 5.07. The molecule has 2 aliphatic rings. The molecule has 0 aromatic rings. The van der Waals surface area contributed by atoms with E-state index in [0.29, 0.717) is 5.75 Å². The second-order valence-corrected chi connectivity index (χ2v) is 6.18. The largest absolute Gasteiger partial charge is 0.315 e. The van der Waals surface area contributed by atoms with Crippen molar-refractivity contribution in [1.29, 1.82) is 0 Å². The average molecular weight is 218 g/mol. The van der Waals surface area contributed by atoms with Crippen LogP contribution in [0.2, 0.25) is 0 Å². The SMILES string of the molecule is O=S1(=O)CCCCN1C1CCCNC1. The quantitative estimate of drug-likeness (QED) is 0.682. The third-order valence-electron chi connectivity index (χ3n) is 3.07. The van der Waals surface area contributed by atoms with E-state index in [1.807, 2.05) is 0 Å². The fourth-order valence-electron chi connectivity index (χ4n) is 2.30. The van der Waals surface area contributed by atoms with Gasteiger partial charge < -0.3 is 5.32 Å². The Hall–Kier alpha value is -0.130. The molecule has 2 heterocycles. The summed E-state index contributed by atoms with van der Waals surface area (Å²) in [5.74, 6) is 0.351. The zero-order valence-electron chi connectivity index (χ0n) is 8.41. The molecule has 0 spiro atoms. The summed E-state index contributed by atoms with van der Waals surface area (Å²) in [7, 11) is -2.93. The van der Waals surface area contributed by atoms with Crippen LogP contribution in [0.3, 0.4) is 0 Å². The minimum Gasteiger partial charge on any atom is -0.315 e. The first-order valence-electron chi connectivity index (χ1n) is 5.40. The molecule has 2 aliphatic heterocycles. The van der Waals surface area contributed by atoms with E-state index in [-0.39, 0.29) is 6.04 Å². The fraction of sp³-hybridized carbons (Fsp3) is 1.00. The molecule has 14 heavy (non-hydrogen) atoms. The topological polar surface area (TPSA) is 49.4 Å². The molecule has 5 heteroatoms. The van der Waals surface area contributed by atoms with E-state index in [4.69, 9.17) is 0 Å². The van der Waals surface area contributed by atoms with Crippen molar-refractivity contribution < 1.29 is 8.42 Å². The summed E-state index contributed by atoms with van der Waals surface area (Å²) in [6.45, 7) is 2.60. The molecule has 1 atom stereocenters. The number of piperidine rings is 1. The molecule has 2 rings (SSSR count). The highest BCUT2D eigenvalue weighted by Crippen LogP contribution is 2.20. The van der Waals surface area contributed by atoms with Gasteiger partial charge in [-0.2, -0.15) is 4.31 Å². The smallest absolute Gasteiger partial charge is 0.214 e. The van der Waals surface area contributed by atoms with E-state index < -0.39 is 10.0 Å². The van der Waals surface area contributed by atoms with Crippen LogP contribution in [0, 0.1) is 0 Å². The maximum atomic E-state index is 11.8. The van der Waals surface area contributed by atoms with Crippen molar-refractivity contribution in [2.45, 2.75) is 31.7 Å². The Bertz CT molecular complexity index is 283. The summed E-state index contributed by atoms with van der Waals surface area (Å²) in [5.41, 5.74) is 0. The molecule has 0 radical (unpaired) electrons. The highest BCUT2D eigenvalue weighted by Gasteiger charge is 2.32. The Morgan fingerprint density at radius 3 is 2.71 bits per heavy atom. The zero-order chi connectivity index (χ0) is 10.0. The molecule has 2 saturated heterocycles. The first-order chi connectivity index (χ1) is 6.70. The van der Waals surface area contributed by atoms with Crippen LogP contribution in [0.4, 0.5) is 0 Å². The number of rotatable bonds is 1. The van der Waals surface area contributed by atoms with Crippen LogP contribution in [0.25, 0.3) is 0 Å². The minimum atomic E-state index is -2.93. The molecule has 0 aromatic heterocycles. The highest BCUT2D eigenvalue weighted by molar-refractivity contribution is 7.89. The predicted molar refractivity (Wildman–Crippen MR) is 55.6 cm³/mol. The summed E-state index contributed by atoms with van der Waals surface area (Å²) < 4.78 is 25.3. The van der Waals surface area contributed by atoms with Crippen molar-refractivity contribution >= 4 is 10.0 Å². The average Bonchev–Trinajstić information content (AvgIpc) is 2.18. The Morgan fingerprint density at radius 2 is 2.07 bits per heavy atom. The van der Waals surface area contributed by atoms with Gasteiger partial charge in [-0.05, 0) is 32.2 Å². The standard InChI is InChI=1S/C9H18N2O2S/c12-14(13)7-2-1-6-11(14)9-4-3-5-10-8-9/h9-10H,1-8H2. The van der Waals surface area contributed by atoms with Crippen molar-refractivity contribution in [2.75, 3.05) is 25.4 Å². The lowest BCUT2D eigenvalue weighted by Gasteiger charge is -2.36. The molecule has 0 aliphatic carbocycles. The second kappa shape index (κ2) is 4.16. The van der Waals surface area contributed by atoms with Crippen LogP contribution < -0.4 is 5.32 Å². The van der Waals surface area contributed by atoms with Gasteiger partial charge in [0.05, 0.1) is 5.75 Å². The zero-order valence-corrected chi connectivity index (χ0v) is 9.22. The third kappa shape index (κ3) is 2.10. The van der Waals surface area contributed by atoms with Crippen LogP contribution in [0.5, 0.6) is 0 Å². The molecule has 2 fully saturated rings. The Morgan fingerprint density at radius 1 is 1.21 bits per heavy atom. The highest BCUT2D eigenvalue weighted by atomic mass is 32.2. The Kier molecular flexibility index (Phi) is 3.09. The summed E-state index contributed by atoms with van der Waals surface area (Å²) in [4.78, 5) is 0. The van der Waals surface area contributed by atoms with Gasteiger partial charge >= 0.3 is 0 Å². The number of nitrogens with zero attached hydrogens (tertiary/aromatic N) is 1. The monoisotopic (exact) mass is 218 g/mol. The van der Waals surface area contributed by atoms with E-state index >= 15 is 0 Å². The first-order valence-corrected chi connectivity index (χ1v) is 7.01. The fourth-order valence-corrected chi connectivity index (χ4v) is 4.14. The van der Waals surface area contributed by atoms with Crippen molar-refractivity contribution in [1.82, 2.24) is 9.62 Å². The van der Waals surface area contributed by atoms with Crippen molar-refractivity contribution in [3.63, 3.8) is 0 Å². The van der Waals surface area contributed by atoms with Gasteiger partial charge in [-0.25, -0.2) is 8.42 Å². The molecule has 0 saturated carbocycles. The van der Waals surface area contributed by atoms with Gasteiger partial charge in [-0.15, -0.1) is 0 Å². The molecular formula is C9H18N2O2S. The molecule has 0 bridgehead atoms. The molecule has 1 N–H and O–H groups in total. The number of nitrogens with one attached hydrogen (secondary N) is 1. The molecule has 0 amide bonds. The number of hydrogen-bond donors (Lipinski definition) is 1. The summed E-state index contributed by atoms with van der Waals surface area (Å²) >= 11 is 0. The van der Waals surface area contributed by atoms with Crippen molar-refractivity contribution in [3.8, 4) is 0 Å². The normalized spacial score (nSPS) is 34.1. The molecule has 4 nitrogen and oxygen atoms in total. The lowest BCUT2D eigenvalue weighted by atomic mass is 10.1. The van der Waals surface area contributed by atoms with Crippen LogP contribution in [0.15, 0.2) is 0 Å². The predicted octanol–water partition coefficient (Wildman–Crippen LogP) is 0.164. The van der Waals surface area contributed by atoms with Crippen molar-refractivity contribution in [3.05, 3.63) is 0 Å². The van der Waals surface area contributed by atoms with Crippen LogP contribution in [0.1, 0.15) is 25.7 Å². The van der Waals surface area contributed by atoms with Gasteiger partial charge in [0.2, 0.25) is 10.0 Å². The second-order valence-electron chi connectivity index (χ2n) is 4.13. The Balaban J connectivity index is 2.07. The Labute approximate surface area is 85.7 Å². The van der Waals surface area contributed by atoms with Crippen LogP contribution in [-0.2, 0) is 10.0 Å². The van der Waals surface area contributed by atoms with E-state index in [1.54, 1.807) is 4.31 Å². The van der Waals surface area contributed by atoms with E-state index in [9.17, 15) is 8.42 Å². The van der Waals surface area contributed by atoms with E-state index in [0.717, 1.165) is 45.3 Å².